The summed E-state index contributed by atoms with van der Waals surface area (Å²) >= 11 is 7.77. The molecule has 0 spiro atoms. The number of rotatable bonds is 5. The molecule has 2 atom stereocenters. The fraction of sp³-hybridized carbons (Fsp3) is 0.458. The first kappa shape index (κ1) is 24.8. The Labute approximate surface area is 209 Å². The standard InChI is InChI=1S/C24H32ClN7OS/c1-14-15(2)34-24-21(14)22(17-5-7-18(25)8-6-17)29-19(23(27)32(24)16(3)26)13-20(33)30-9-11-31(28-4)12-10-30/h5-8,16,19,27-28H,9-13,26H2,1-4H3/t16?,19-/m0/s1. The molecular weight excluding hydrogens is 470 g/mol. The number of amidine groups is 1. The summed E-state index contributed by atoms with van der Waals surface area (Å²) in [4.78, 5) is 23.2. The summed E-state index contributed by atoms with van der Waals surface area (Å²) in [7, 11) is 1.89. The molecule has 1 saturated heterocycles. The Morgan fingerprint density at radius 2 is 1.91 bits per heavy atom. The molecule has 1 fully saturated rings. The highest BCUT2D eigenvalue weighted by Crippen LogP contribution is 2.40. The van der Waals surface area contributed by atoms with Gasteiger partial charge in [0.15, 0.2) is 0 Å². The highest BCUT2D eigenvalue weighted by atomic mass is 35.5. The maximum atomic E-state index is 13.3. The topological polar surface area (TPSA) is 101 Å². The summed E-state index contributed by atoms with van der Waals surface area (Å²) in [5.41, 5.74) is 13.3. The zero-order valence-electron chi connectivity index (χ0n) is 20.1. The van der Waals surface area contributed by atoms with Crippen LogP contribution < -0.4 is 16.1 Å². The molecule has 182 valence electrons. The SMILES string of the molecule is CNN1CCN(C(=O)C[C@@H]2N=C(c3ccc(Cl)cc3)c3c(sc(C)c3C)N(C(C)N)C2=N)CC1. The third-order valence-corrected chi connectivity index (χ3v) is 7.98. The number of hydrazine groups is 1. The van der Waals surface area contributed by atoms with Crippen molar-refractivity contribution in [1.29, 1.82) is 5.41 Å². The highest BCUT2D eigenvalue weighted by molar-refractivity contribution is 7.17. The van der Waals surface area contributed by atoms with Crippen molar-refractivity contribution < 1.29 is 4.79 Å². The second kappa shape index (κ2) is 10.1. The molecule has 2 aromatic rings. The number of carbonyl (C=O) groups is 1. The number of aliphatic imine (C=N–C) groups is 1. The van der Waals surface area contributed by atoms with Crippen LogP contribution in [0.2, 0.25) is 5.02 Å². The highest BCUT2D eigenvalue weighted by Gasteiger charge is 2.36. The number of piperazine rings is 1. The van der Waals surface area contributed by atoms with E-state index in [9.17, 15) is 4.79 Å². The number of carbonyl (C=O) groups excluding carboxylic acids is 1. The zero-order valence-corrected chi connectivity index (χ0v) is 21.6. The van der Waals surface area contributed by atoms with E-state index in [1.807, 2.05) is 48.0 Å². The third kappa shape index (κ3) is 4.76. The average molecular weight is 502 g/mol. The smallest absolute Gasteiger partial charge is 0.225 e. The van der Waals surface area contributed by atoms with Crippen LogP contribution in [0.3, 0.4) is 0 Å². The summed E-state index contributed by atoms with van der Waals surface area (Å²) in [5.74, 6) is 0.260. The van der Waals surface area contributed by atoms with Crippen molar-refractivity contribution in [2.24, 2.45) is 10.7 Å². The number of amides is 1. The second-order valence-electron chi connectivity index (χ2n) is 8.76. The van der Waals surface area contributed by atoms with E-state index in [0.717, 1.165) is 45.4 Å². The Morgan fingerprint density at radius 3 is 2.50 bits per heavy atom. The van der Waals surface area contributed by atoms with Crippen molar-refractivity contribution >= 4 is 45.4 Å². The lowest BCUT2D eigenvalue weighted by Crippen LogP contribution is -2.53. The van der Waals surface area contributed by atoms with Gasteiger partial charge in [0.25, 0.3) is 0 Å². The van der Waals surface area contributed by atoms with Crippen LogP contribution in [-0.4, -0.2) is 72.8 Å². The van der Waals surface area contributed by atoms with Gasteiger partial charge in [-0.25, -0.2) is 5.01 Å². The van der Waals surface area contributed by atoms with E-state index in [1.54, 1.807) is 11.3 Å². The van der Waals surface area contributed by atoms with E-state index < -0.39 is 12.2 Å². The summed E-state index contributed by atoms with van der Waals surface area (Å²) < 4.78 is 0. The molecule has 34 heavy (non-hydrogen) atoms. The molecule has 3 heterocycles. The van der Waals surface area contributed by atoms with Gasteiger partial charge in [-0.05, 0) is 45.5 Å². The quantitative estimate of drug-likeness (QED) is 0.584. The van der Waals surface area contributed by atoms with E-state index in [4.69, 9.17) is 27.7 Å². The lowest BCUT2D eigenvalue weighted by Gasteiger charge is -2.35. The molecule has 4 rings (SSSR count). The molecular formula is C24H32ClN7OS. The van der Waals surface area contributed by atoms with Gasteiger partial charge < -0.3 is 15.5 Å². The number of fused-ring (bicyclic) bond motifs is 1. The molecule has 1 amide bonds. The van der Waals surface area contributed by atoms with E-state index in [0.29, 0.717) is 18.1 Å². The number of thiophene rings is 1. The van der Waals surface area contributed by atoms with Crippen molar-refractivity contribution in [2.45, 2.75) is 39.4 Å². The molecule has 0 saturated carbocycles. The molecule has 2 aliphatic rings. The second-order valence-corrected chi connectivity index (χ2v) is 10.4. The van der Waals surface area contributed by atoms with Gasteiger partial charge in [-0.2, -0.15) is 0 Å². The third-order valence-electron chi connectivity index (χ3n) is 6.52. The maximum Gasteiger partial charge on any atom is 0.225 e. The number of nitrogens with one attached hydrogen (secondary N) is 2. The number of anilines is 1. The van der Waals surface area contributed by atoms with Crippen LogP contribution in [0.1, 0.15) is 34.9 Å². The van der Waals surface area contributed by atoms with Crippen LogP contribution in [0, 0.1) is 19.3 Å². The summed E-state index contributed by atoms with van der Waals surface area (Å²) in [6.45, 7) is 8.85. The molecule has 10 heteroatoms. The Kier molecular flexibility index (Phi) is 7.39. The number of halogens is 1. The molecule has 4 N–H and O–H groups in total. The van der Waals surface area contributed by atoms with Crippen molar-refractivity contribution in [3.8, 4) is 0 Å². The van der Waals surface area contributed by atoms with Gasteiger partial charge in [0.1, 0.15) is 16.9 Å². The average Bonchev–Trinajstić information content (AvgIpc) is 3.03. The number of aryl methyl sites for hydroxylation is 1. The minimum Gasteiger partial charge on any atom is -0.340 e. The Balaban J connectivity index is 1.75. The van der Waals surface area contributed by atoms with Gasteiger partial charge in [0.05, 0.1) is 18.3 Å². The molecule has 0 radical (unpaired) electrons. The Bertz CT molecular complexity index is 1100. The predicted molar refractivity (Wildman–Crippen MR) is 140 cm³/mol. The van der Waals surface area contributed by atoms with Crippen LogP contribution in [0.5, 0.6) is 0 Å². The van der Waals surface area contributed by atoms with Crippen LogP contribution in [0.15, 0.2) is 29.3 Å². The lowest BCUT2D eigenvalue weighted by atomic mass is 9.99. The van der Waals surface area contributed by atoms with Gasteiger partial charge in [0.2, 0.25) is 5.91 Å². The molecule has 8 nitrogen and oxygen atoms in total. The van der Waals surface area contributed by atoms with Crippen LogP contribution in [0.4, 0.5) is 5.00 Å². The zero-order chi connectivity index (χ0) is 24.6. The molecule has 1 aromatic carbocycles. The van der Waals surface area contributed by atoms with E-state index in [1.165, 1.54) is 0 Å². The number of benzene rings is 1. The molecule has 1 unspecified atom stereocenters. The Hall–Kier alpha value is -2.30. The minimum absolute atomic E-state index is 0.00694. The van der Waals surface area contributed by atoms with Crippen molar-refractivity contribution in [3.63, 3.8) is 0 Å². The van der Waals surface area contributed by atoms with E-state index in [2.05, 4.69) is 24.3 Å². The number of nitrogens with two attached hydrogens (primary N) is 1. The molecule has 1 aromatic heterocycles. The maximum absolute atomic E-state index is 13.3. The molecule has 2 aliphatic heterocycles. The fourth-order valence-corrected chi connectivity index (χ4v) is 5.84. The first-order valence-electron chi connectivity index (χ1n) is 11.5. The first-order valence-corrected chi connectivity index (χ1v) is 12.7. The van der Waals surface area contributed by atoms with Gasteiger partial charge in [-0.1, -0.05) is 23.7 Å². The summed E-state index contributed by atoms with van der Waals surface area (Å²) in [6, 6.07) is 6.94. The van der Waals surface area contributed by atoms with E-state index in [-0.39, 0.29) is 18.2 Å². The fourth-order valence-electron chi connectivity index (χ4n) is 4.46. The Morgan fingerprint density at radius 1 is 1.26 bits per heavy atom. The predicted octanol–water partition coefficient (Wildman–Crippen LogP) is 3.00. The summed E-state index contributed by atoms with van der Waals surface area (Å²) in [5, 5.41) is 12.7. The van der Waals surface area contributed by atoms with Gasteiger partial charge >= 0.3 is 0 Å². The lowest BCUT2D eigenvalue weighted by molar-refractivity contribution is -0.133. The van der Waals surface area contributed by atoms with Crippen LogP contribution in [-0.2, 0) is 4.79 Å². The number of hydrogen-bond acceptors (Lipinski definition) is 7. The van der Waals surface area contributed by atoms with Crippen molar-refractivity contribution in [1.82, 2.24) is 15.3 Å². The first-order chi connectivity index (χ1) is 16.2. The van der Waals surface area contributed by atoms with Gasteiger partial charge in [0, 0.05) is 47.2 Å². The number of nitrogens with zero attached hydrogens (tertiary/aromatic N) is 4. The molecule has 0 aliphatic carbocycles. The number of hydrogen-bond donors (Lipinski definition) is 3. The molecule has 0 bridgehead atoms. The van der Waals surface area contributed by atoms with Gasteiger partial charge in [-0.15, -0.1) is 11.3 Å². The van der Waals surface area contributed by atoms with Crippen LogP contribution >= 0.6 is 22.9 Å². The summed E-state index contributed by atoms with van der Waals surface area (Å²) in [6.07, 6.45) is -0.300. The normalized spacial score (nSPS) is 20.1. The van der Waals surface area contributed by atoms with Crippen LogP contribution in [0.25, 0.3) is 0 Å². The minimum atomic E-state index is -0.634. The van der Waals surface area contributed by atoms with Gasteiger partial charge in [-0.3, -0.25) is 20.6 Å². The van der Waals surface area contributed by atoms with Crippen molar-refractivity contribution in [2.75, 3.05) is 38.1 Å². The van der Waals surface area contributed by atoms with Crippen molar-refractivity contribution in [3.05, 3.63) is 50.9 Å². The monoisotopic (exact) mass is 501 g/mol. The largest absolute Gasteiger partial charge is 0.340 e. The van der Waals surface area contributed by atoms with E-state index >= 15 is 0 Å².